The van der Waals surface area contributed by atoms with Crippen LogP contribution in [0.15, 0.2) is 71.3 Å². The summed E-state index contributed by atoms with van der Waals surface area (Å²) in [7, 11) is 0. The molecule has 3 aromatic rings. The second kappa shape index (κ2) is 6.68. The number of rotatable bonds is 3. The summed E-state index contributed by atoms with van der Waals surface area (Å²) in [5, 5.41) is 10.6. The number of carbonyl (C=O) groups excluding carboxylic acids is 1. The van der Waals surface area contributed by atoms with Gasteiger partial charge in [-0.25, -0.2) is 4.68 Å². The zero-order valence-corrected chi connectivity index (χ0v) is 15.5. The number of para-hydroxylation sites is 2. The lowest BCUT2D eigenvalue weighted by molar-refractivity contribution is -0.114. The summed E-state index contributed by atoms with van der Waals surface area (Å²) in [5.74, 6) is -0.120. The molecule has 0 aliphatic carbocycles. The molecule has 27 heavy (non-hydrogen) atoms. The predicted octanol–water partition coefficient (Wildman–Crippen LogP) is 4.30. The molecule has 0 N–H and O–H groups in total. The summed E-state index contributed by atoms with van der Waals surface area (Å²) in [5.41, 5.74) is 5.88. The lowest BCUT2D eigenvalue weighted by Crippen LogP contribution is -2.21. The molecule has 0 saturated heterocycles. The third-order valence-electron chi connectivity index (χ3n) is 4.70. The van der Waals surface area contributed by atoms with Crippen LogP contribution in [0.2, 0.25) is 0 Å². The third-order valence-corrected chi connectivity index (χ3v) is 4.70. The van der Waals surface area contributed by atoms with Crippen molar-refractivity contribution in [3.05, 3.63) is 83.2 Å². The van der Waals surface area contributed by atoms with Crippen LogP contribution in [-0.2, 0) is 4.79 Å². The Bertz CT molecular complexity index is 1060. The second-order valence-corrected chi connectivity index (χ2v) is 6.53. The van der Waals surface area contributed by atoms with Crippen LogP contribution in [-0.4, -0.2) is 21.4 Å². The van der Waals surface area contributed by atoms with Gasteiger partial charge in [0, 0.05) is 11.3 Å². The average Bonchev–Trinajstić information content (AvgIpc) is 3.14. The minimum absolute atomic E-state index is 0.120. The highest BCUT2D eigenvalue weighted by atomic mass is 16.2. The monoisotopic (exact) mass is 356 g/mol. The van der Waals surface area contributed by atoms with Gasteiger partial charge in [-0.05, 0) is 51.1 Å². The van der Waals surface area contributed by atoms with Crippen LogP contribution in [0.4, 0.5) is 5.69 Å². The molecule has 0 atom stereocenters. The topological polar surface area (TPSA) is 50.5 Å². The van der Waals surface area contributed by atoms with Crippen LogP contribution in [0.3, 0.4) is 0 Å². The highest BCUT2D eigenvalue weighted by Gasteiger charge is 2.29. The largest absolute Gasteiger partial charge is 0.280 e. The first-order valence-electron chi connectivity index (χ1n) is 8.84. The smallest absolute Gasteiger partial charge is 0.267 e. The number of aromatic nitrogens is 2. The zero-order valence-electron chi connectivity index (χ0n) is 15.5. The van der Waals surface area contributed by atoms with Crippen molar-refractivity contribution < 1.29 is 4.79 Å². The molecule has 5 nitrogen and oxygen atoms in total. The van der Waals surface area contributed by atoms with Crippen molar-refractivity contribution >= 4 is 23.4 Å². The second-order valence-electron chi connectivity index (χ2n) is 6.53. The molecule has 1 aromatic heterocycles. The SMILES string of the molecule is CC1=NN(c2ccccc2)C(=O)C1=Cc1c(C)nn(-c2ccccc2)c1C. The van der Waals surface area contributed by atoms with Crippen LogP contribution in [0.1, 0.15) is 23.9 Å². The Hall–Kier alpha value is -3.47. The van der Waals surface area contributed by atoms with Crippen LogP contribution >= 0.6 is 0 Å². The molecule has 0 spiro atoms. The highest BCUT2D eigenvalue weighted by molar-refractivity contribution is 6.32. The molecular formula is C22H20N4O. The highest BCUT2D eigenvalue weighted by Crippen LogP contribution is 2.27. The number of hydrogen-bond donors (Lipinski definition) is 0. The molecule has 4 rings (SSSR count). The fraction of sp³-hybridized carbons (Fsp3) is 0.136. The van der Waals surface area contributed by atoms with E-state index in [2.05, 4.69) is 10.2 Å². The molecule has 1 aliphatic heterocycles. The number of hydrogen-bond acceptors (Lipinski definition) is 3. The Morgan fingerprint density at radius 3 is 2.07 bits per heavy atom. The molecule has 2 aromatic carbocycles. The number of amides is 1. The number of nitrogens with zero attached hydrogens (tertiary/aromatic N) is 4. The van der Waals surface area contributed by atoms with E-state index in [9.17, 15) is 4.79 Å². The quantitative estimate of drug-likeness (QED) is 0.657. The van der Waals surface area contributed by atoms with Crippen molar-refractivity contribution in [1.29, 1.82) is 0 Å². The summed E-state index contributed by atoms with van der Waals surface area (Å²) in [6.45, 7) is 5.83. The van der Waals surface area contributed by atoms with Crippen molar-refractivity contribution in [1.82, 2.24) is 9.78 Å². The maximum atomic E-state index is 12.9. The van der Waals surface area contributed by atoms with E-state index in [0.29, 0.717) is 11.3 Å². The standard InChI is InChI=1S/C22H20N4O/c1-15-20(17(3)25(23-15)18-10-6-4-7-11-18)14-21-16(2)24-26(22(21)27)19-12-8-5-9-13-19/h4-14H,1-3H3. The Balaban J connectivity index is 1.74. The van der Waals surface area contributed by atoms with E-state index in [0.717, 1.165) is 28.3 Å². The van der Waals surface area contributed by atoms with Gasteiger partial charge in [0.2, 0.25) is 0 Å². The molecule has 0 unspecified atom stereocenters. The van der Waals surface area contributed by atoms with Gasteiger partial charge in [-0.1, -0.05) is 36.4 Å². The molecule has 1 aliphatic rings. The fourth-order valence-electron chi connectivity index (χ4n) is 3.26. The Kier molecular flexibility index (Phi) is 4.20. The number of carbonyl (C=O) groups is 1. The number of benzene rings is 2. The minimum atomic E-state index is -0.120. The van der Waals surface area contributed by atoms with Crippen molar-refractivity contribution in [2.45, 2.75) is 20.8 Å². The first-order chi connectivity index (χ1) is 13.1. The van der Waals surface area contributed by atoms with Crippen LogP contribution in [0.25, 0.3) is 11.8 Å². The predicted molar refractivity (Wildman–Crippen MR) is 108 cm³/mol. The number of anilines is 1. The van der Waals surface area contributed by atoms with E-state index in [4.69, 9.17) is 0 Å². The maximum absolute atomic E-state index is 12.9. The lowest BCUT2D eigenvalue weighted by Gasteiger charge is -2.11. The van der Waals surface area contributed by atoms with E-state index in [1.165, 1.54) is 5.01 Å². The summed E-state index contributed by atoms with van der Waals surface area (Å²) in [6, 6.07) is 19.4. The maximum Gasteiger partial charge on any atom is 0.280 e. The minimum Gasteiger partial charge on any atom is -0.267 e. The Morgan fingerprint density at radius 1 is 0.852 bits per heavy atom. The van der Waals surface area contributed by atoms with Crippen molar-refractivity contribution in [3.63, 3.8) is 0 Å². The molecule has 0 radical (unpaired) electrons. The fourth-order valence-corrected chi connectivity index (χ4v) is 3.26. The molecule has 2 heterocycles. The van der Waals surface area contributed by atoms with Gasteiger partial charge in [-0.2, -0.15) is 15.2 Å². The van der Waals surface area contributed by atoms with Gasteiger partial charge in [0.15, 0.2) is 0 Å². The first-order valence-corrected chi connectivity index (χ1v) is 8.84. The number of aryl methyl sites for hydroxylation is 1. The lowest BCUT2D eigenvalue weighted by atomic mass is 10.1. The average molecular weight is 356 g/mol. The Morgan fingerprint density at radius 2 is 1.44 bits per heavy atom. The van der Waals surface area contributed by atoms with E-state index in [1.54, 1.807) is 0 Å². The summed E-state index contributed by atoms with van der Waals surface area (Å²) in [6.07, 6.45) is 1.90. The van der Waals surface area contributed by atoms with Crippen LogP contribution < -0.4 is 5.01 Å². The molecule has 134 valence electrons. The molecule has 0 saturated carbocycles. The van der Waals surface area contributed by atoms with Crippen LogP contribution in [0, 0.1) is 13.8 Å². The van der Waals surface area contributed by atoms with Gasteiger partial charge in [-0.15, -0.1) is 0 Å². The van der Waals surface area contributed by atoms with Gasteiger partial charge >= 0.3 is 0 Å². The van der Waals surface area contributed by atoms with Crippen molar-refractivity contribution in [2.75, 3.05) is 5.01 Å². The van der Waals surface area contributed by atoms with Crippen molar-refractivity contribution in [3.8, 4) is 5.69 Å². The molecular weight excluding hydrogens is 336 g/mol. The molecule has 5 heteroatoms. The van der Waals surface area contributed by atoms with E-state index < -0.39 is 0 Å². The van der Waals surface area contributed by atoms with Gasteiger partial charge in [0.25, 0.3) is 5.91 Å². The van der Waals surface area contributed by atoms with Gasteiger partial charge in [0.05, 0.1) is 28.4 Å². The number of hydrazone groups is 1. The van der Waals surface area contributed by atoms with Crippen LogP contribution in [0.5, 0.6) is 0 Å². The van der Waals surface area contributed by atoms with Crippen molar-refractivity contribution in [2.24, 2.45) is 5.10 Å². The normalized spacial score (nSPS) is 15.5. The van der Waals surface area contributed by atoms with Gasteiger partial charge in [-0.3, -0.25) is 4.79 Å². The van der Waals surface area contributed by atoms with E-state index in [1.807, 2.05) is 92.2 Å². The zero-order chi connectivity index (χ0) is 19.0. The van der Waals surface area contributed by atoms with Gasteiger partial charge in [0.1, 0.15) is 0 Å². The molecule has 0 fully saturated rings. The van der Waals surface area contributed by atoms with E-state index >= 15 is 0 Å². The molecule has 1 amide bonds. The van der Waals surface area contributed by atoms with E-state index in [-0.39, 0.29) is 5.91 Å². The Labute approximate surface area is 158 Å². The first kappa shape index (κ1) is 17.0. The third kappa shape index (κ3) is 2.97. The van der Waals surface area contributed by atoms with Gasteiger partial charge < -0.3 is 0 Å². The summed E-state index contributed by atoms with van der Waals surface area (Å²) in [4.78, 5) is 12.9. The summed E-state index contributed by atoms with van der Waals surface area (Å²) < 4.78 is 1.91. The molecule has 0 bridgehead atoms. The summed E-state index contributed by atoms with van der Waals surface area (Å²) >= 11 is 0.